The van der Waals surface area contributed by atoms with Gasteiger partial charge in [-0.3, -0.25) is 0 Å². The van der Waals surface area contributed by atoms with Crippen molar-refractivity contribution in [3.05, 3.63) is 0 Å². The van der Waals surface area contributed by atoms with E-state index in [9.17, 15) is 0 Å². The maximum atomic E-state index is 5.64. The zero-order valence-corrected chi connectivity index (χ0v) is 11.3. The van der Waals surface area contributed by atoms with Gasteiger partial charge in [-0.1, -0.05) is 6.92 Å². The van der Waals surface area contributed by atoms with Gasteiger partial charge in [-0.05, 0) is 25.2 Å². The Morgan fingerprint density at radius 1 is 1.32 bits per heavy atom. The number of nitrogens with two attached hydrogens (primary N) is 1. The number of hydrogen-bond acceptors (Lipinski definition) is 7. The Hall–Kier alpha value is -1.63. The molecular weight excluding hydrogens is 246 g/mol. The molecule has 1 fully saturated rings. The Morgan fingerprint density at radius 3 is 2.84 bits per heavy atom. The minimum absolute atomic E-state index is 0.176. The molecule has 1 aromatic rings. The first-order valence-corrected chi connectivity index (χ1v) is 6.74. The van der Waals surface area contributed by atoms with Crippen molar-refractivity contribution in [2.24, 2.45) is 5.92 Å². The highest BCUT2D eigenvalue weighted by atomic mass is 16.5. The van der Waals surface area contributed by atoms with Gasteiger partial charge in [-0.15, -0.1) is 0 Å². The zero-order chi connectivity index (χ0) is 13.5. The van der Waals surface area contributed by atoms with Gasteiger partial charge < -0.3 is 20.5 Å². The van der Waals surface area contributed by atoms with Crippen molar-refractivity contribution < 1.29 is 9.47 Å². The Morgan fingerprint density at radius 2 is 2.11 bits per heavy atom. The Balaban J connectivity index is 1.89. The maximum absolute atomic E-state index is 5.64. The zero-order valence-electron chi connectivity index (χ0n) is 11.3. The normalized spacial score (nSPS) is 16.3. The van der Waals surface area contributed by atoms with Crippen LogP contribution in [0.4, 0.5) is 11.9 Å². The standard InChI is InChI=1S/C12H21N5O2/c1-2-5-19-12-16-10(13)15-11(17-12)14-8-9-3-6-18-7-4-9/h9H,2-8H2,1H3,(H3,13,14,15,16,17). The number of ether oxygens (including phenoxy) is 2. The van der Waals surface area contributed by atoms with Crippen LogP contribution in [-0.2, 0) is 4.74 Å². The van der Waals surface area contributed by atoms with Crippen molar-refractivity contribution in [1.29, 1.82) is 0 Å². The molecule has 2 heterocycles. The summed E-state index contributed by atoms with van der Waals surface area (Å²) in [5.74, 6) is 1.24. The monoisotopic (exact) mass is 267 g/mol. The number of aromatic nitrogens is 3. The van der Waals surface area contributed by atoms with Crippen LogP contribution in [0.15, 0.2) is 0 Å². The number of anilines is 2. The highest BCUT2D eigenvalue weighted by molar-refractivity contribution is 5.32. The minimum atomic E-state index is 0.176. The van der Waals surface area contributed by atoms with Gasteiger partial charge in [-0.25, -0.2) is 0 Å². The van der Waals surface area contributed by atoms with Crippen LogP contribution in [0.2, 0.25) is 0 Å². The number of nitrogens with zero attached hydrogens (tertiary/aromatic N) is 3. The molecular formula is C12H21N5O2. The van der Waals surface area contributed by atoms with Gasteiger partial charge in [0.1, 0.15) is 0 Å². The van der Waals surface area contributed by atoms with Crippen LogP contribution >= 0.6 is 0 Å². The van der Waals surface area contributed by atoms with Crippen LogP contribution < -0.4 is 15.8 Å². The second-order valence-electron chi connectivity index (χ2n) is 4.58. The van der Waals surface area contributed by atoms with Crippen LogP contribution in [0.3, 0.4) is 0 Å². The largest absolute Gasteiger partial charge is 0.463 e. The predicted octanol–water partition coefficient (Wildman–Crippen LogP) is 1.08. The van der Waals surface area contributed by atoms with Crippen LogP contribution in [-0.4, -0.2) is 41.3 Å². The SMILES string of the molecule is CCCOc1nc(N)nc(NCC2CCOCC2)n1. The molecule has 0 aromatic carbocycles. The van der Waals surface area contributed by atoms with Crippen LogP contribution in [0, 0.1) is 5.92 Å². The molecule has 1 saturated heterocycles. The number of hydrogen-bond donors (Lipinski definition) is 2. The van der Waals surface area contributed by atoms with E-state index in [1.807, 2.05) is 6.92 Å². The summed E-state index contributed by atoms with van der Waals surface area (Å²) in [6, 6.07) is 0.281. The molecule has 0 unspecified atom stereocenters. The average molecular weight is 267 g/mol. The van der Waals surface area contributed by atoms with Crippen molar-refractivity contribution in [2.75, 3.05) is 37.4 Å². The van der Waals surface area contributed by atoms with E-state index < -0.39 is 0 Å². The van der Waals surface area contributed by atoms with E-state index in [-0.39, 0.29) is 12.0 Å². The van der Waals surface area contributed by atoms with Gasteiger partial charge in [0.15, 0.2) is 0 Å². The molecule has 0 saturated carbocycles. The van der Waals surface area contributed by atoms with E-state index in [2.05, 4.69) is 20.3 Å². The van der Waals surface area contributed by atoms with E-state index in [4.69, 9.17) is 15.2 Å². The molecule has 3 N–H and O–H groups in total. The quantitative estimate of drug-likeness (QED) is 0.796. The molecule has 0 amide bonds. The molecule has 0 spiro atoms. The third-order valence-electron chi connectivity index (χ3n) is 2.96. The first kappa shape index (κ1) is 13.8. The third-order valence-corrected chi connectivity index (χ3v) is 2.96. The molecule has 0 atom stereocenters. The fourth-order valence-corrected chi connectivity index (χ4v) is 1.90. The second kappa shape index (κ2) is 7.08. The van der Waals surface area contributed by atoms with Gasteiger partial charge in [0.2, 0.25) is 11.9 Å². The molecule has 19 heavy (non-hydrogen) atoms. The second-order valence-corrected chi connectivity index (χ2v) is 4.58. The molecule has 0 aliphatic carbocycles. The highest BCUT2D eigenvalue weighted by Crippen LogP contribution is 2.16. The summed E-state index contributed by atoms with van der Waals surface area (Å²) in [6.45, 7) is 5.07. The van der Waals surface area contributed by atoms with Crippen LogP contribution in [0.5, 0.6) is 6.01 Å². The van der Waals surface area contributed by atoms with Crippen LogP contribution in [0.1, 0.15) is 26.2 Å². The van der Waals surface area contributed by atoms with Crippen molar-refractivity contribution >= 4 is 11.9 Å². The topological polar surface area (TPSA) is 95.2 Å². The summed E-state index contributed by atoms with van der Waals surface area (Å²) in [5, 5.41) is 3.19. The molecule has 1 aromatic heterocycles. The average Bonchev–Trinajstić information content (AvgIpc) is 2.43. The summed E-state index contributed by atoms with van der Waals surface area (Å²) in [5.41, 5.74) is 5.64. The first-order chi connectivity index (χ1) is 9.28. The van der Waals surface area contributed by atoms with E-state index in [0.717, 1.165) is 39.0 Å². The lowest BCUT2D eigenvalue weighted by molar-refractivity contribution is 0.0699. The summed E-state index contributed by atoms with van der Waals surface area (Å²) >= 11 is 0. The fourth-order valence-electron chi connectivity index (χ4n) is 1.90. The lowest BCUT2D eigenvalue weighted by Gasteiger charge is -2.22. The van der Waals surface area contributed by atoms with Crippen molar-refractivity contribution in [2.45, 2.75) is 26.2 Å². The van der Waals surface area contributed by atoms with Gasteiger partial charge in [0.25, 0.3) is 0 Å². The summed E-state index contributed by atoms with van der Waals surface area (Å²) in [4.78, 5) is 12.2. The minimum Gasteiger partial charge on any atom is -0.463 e. The van der Waals surface area contributed by atoms with Crippen molar-refractivity contribution in [3.8, 4) is 6.01 Å². The van der Waals surface area contributed by atoms with Gasteiger partial charge in [0, 0.05) is 19.8 Å². The molecule has 1 aliphatic heterocycles. The third kappa shape index (κ3) is 4.51. The summed E-state index contributed by atoms with van der Waals surface area (Å²) < 4.78 is 10.7. The molecule has 0 bridgehead atoms. The van der Waals surface area contributed by atoms with Gasteiger partial charge in [-0.2, -0.15) is 15.0 Å². The van der Waals surface area contributed by atoms with Crippen molar-refractivity contribution in [3.63, 3.8) is 0 Å². The fraction of sp³-hybridized carbons (Fsp3) is 0.750. The number of rotatable bonds is 6. The van der Waals surface area contributed by atoms with Crippen molar-refractivity contribution in [1.82, 2.24) is 15.0 Å². The number of nitrogens with one attached hydrogen (secondary N) is 1. The summed E-state index contributed by atoms with van der Waals surface area (Å²) in [6.07, 6.45) is 3.02. The lowest BCUT2D eigenvalue weighted by Crippen LogP contribution is -2.23. The molecule has 106 valence electrons. The predicted molar refractivity (Wildman–Crippen MR) is 72.1 cm³/mol. The van der Waals surface area contributed by atoms with E-state index >= 15 is 0 Å². The van der Waals surface area contributed by atoms with E-state index in [1.165, 1.54) is 0 Å². The molecule has 7 nitrogen and oxygen atoms in total. The molecule has 7 heteroatoms. The highest BCUT2D eigenvalue weighted by Gasteiger charge is 2.14. The lowest BCUT2D eigenvalue weighted by atomic mass is 10.0. The van der Waals surface area contributed by atoms with Gasteiger partial charge >= 0.3 is 6.01 Å². The maximum Gasteiger partial charge on any atom is 0.323 e. The molecule has 2 rings (SSSR count). The van der Waals surface area contributed by atoms with E-state index in [0.29, 0.717) is 18.5 Å². The van der Waals surface area contributed by atoms with Gasteiger partial charge in [0.05, 0.1) is 6.61 Å². The Bertz CT molecular complexity index is 396. The first-order valence-electron chi connectivity index (χ1n) is 6.74. The molecule has 1 aliphatic rings. The molecule has 0 radical (unpaired) electrons. The Labute approximate surface area is 112 Å². The number of nitrogen functional groups attached to an aromatic ring is 1. The van der Waals surface area contributed by atoms with Crippen LogP contribution in [0.25, 0.3) is 0 Å². The smallest absolute Gasteiger partial charge is 0.323 e. The Kier molecular flexibility index (Phi) is 5.14. The summed E-state index contributed by atoms with van der Waals surface area (Å²) in [7, 11) is 0. The van der Waals surface area contributed by atoms with E-state index in [1.54, 1.807) is 0 Å².